The summed E-state index contributed by atoms with van der Waals surface area (Å²) in [7, 11) is 0. The molecule has 0 fully saturated rings. The van der Waals surface area contributed by atoms with Crippen molar-refractivity contribution < 1.29 is 9.59 Å². The average Bonchev–Trinajstić information content (AvgIpc) is 2.94. The number of rotatable bonds is 1. The molecule has 1 aliphatic heterocycles. The van der Waals surface area contributed by atoms with Crippen molar-refractivity contribution in [1.29, 1.82) is 0 Å². The van der Waals surface area contributed by atoms with E-state index in [0.29, 0.717) is 11.4 Å². The van der Waals surface area contributed by atoms with E-state index in [9.17, 15) is 9.59 Å². The molecule has 4 nitrogen and oxygen atoms in total. The lowest BCUT2D eigenvalue weighted by atomic mass is 9.81. The minimum Gasteiger partial charge on any atom is -0.350 e. The maximum Gasteiger partial charge on any atom is 0.245 e. The van der Waals surface area contributed by atoms with E-state index in [0.717, 1.165) is 25.5 Å². The predicted octanol–water partition coefficient (Wildman–Crippen LogP) is 5.58. The normalized spacial score (nSPS) is 16.4. The smallest absolute Gasteiger partial charge is 0.245 e. The molecule has 126 valence electrons. The van der Waals surface area contributed by atoms with E-state index < -0.39 is 5.41 Å². The molecule has 0 saturated heterocycles. The molecule has 6 heteroatoms. The molecule has 25 heavy (non-hydrogen) atoms. The first-order valence-electron chi connectivity index (χ1n) is 7.77. The zero-order chi connectivity index (χ0) is 17.9. The molecule has 1 N–H and O–H groups in total. The quantitative estimate of drug-likeness (QED) is 0.481. The molecular weight excluding hydrogens is 448 g/mol. The number of fused-ring (bicyclic) bond motifs is 3. The Morgan fingerprint density at radius 3 is 2.28 bits per heavy atom. The Morgan fingerprint density at radius 2 is 1.60 bits per heavy atom. The number of hydrogen-bond donors (Lipinski definition) is 1. The first-order chi connectivity index (χ1) is 11.8. The second kappa shape index (κ2) is 5.54. The third kappa shape index (κ3) is 2.39. The van der Waals surface area contributed by atoms with Crippen LogP contribution in [0.15, 0.2) is 51.4 Å². The highest BCUT2D eigenvalue weighted by molar-refractivity contribution is 9.10. The van der Waals surface area contributed by atoms with Crippen LogP contribution in [0.2, 0.25) is 0 Å². The van der Waals surface area contributed by atoms with E-state index in [1.54, 1.807) is 18.7 Å². The minimum atomic E-state index is -1.13. The van der Waals surface area contributed by atoms with Crippen molar-refractivity contribution in [3.8, 4) is 0 Å². The summed E-state index contributed by atoms with van der Waals surface area (Å²) >= 11 is 6.90. The molecule has 0 radical (unpaired) electrons. The maximum absolute atomic E-state index is 13.2. The van der Waals surface area contributed by atoms with Crippen molar-refractivity contribution in [3.63, 3.8) is 0 Å². The number of carbonyl (C=O) groups is 2. The van der Waals surface area contributed by atoms with E-state index in [4.69, 9.17) is 0 Å². The zero-order valence-corrected chi connectivity index (χ0v) is 16.7. The first kappa shape index (κ1) is 16.5. The minimum absolute atomic E-state index is 0.187. The fourth-order valence-corrected chi connectivity index (χ4v) is 3.80. The SMILES string of the molecule is CC1(C)C(=O)c2[nH]c3ccc(Br)cc3c2N(c2ccc(Br)cc2)C1=O. The fraction of sp³-hybridized carbons (Fsp3) is 0.158. The standard InChI is InChI=1S/C19H14Br2N2O2/c1-19(2)17(24)15-16(13-9-11(21)5-8-14(13)22-15)23(18(19)25)12-6-3-10(20)4-7-12/h3-9,22H,1-2H3. The van der Waals surface area contributed by atoms with Crippen molar-refractivity contribution in [2.75, 3.05) is 4.90 Å². The number of hydrogen-bond acceptors (Lipinski definition) is 2. The molecule has 0 bridgehead atoms. The molecule has 0 unspecified atom stereocenters. The lowest BCUT2D eigenvalue weighted by molar-refractivity contribution is -0.124. The van der Waals surface area contributed by atoms with Crippen molar-refractivity contribution in [3.05, 3.63) is 57.1 Å². The van der Waals surface area contributed by atoms with Crippen LogP contribution in [0.4, 0.5) is 11.4 Å². The van der Waals surface area contributed by atoms with Gasteiger partial charge < -0.3 is 4.98 Å². The number of nitrogens with zero attached hydrogens (tertiary/aromatic N) is 1. The lowest BCUT2D eigenvalue weighted by Gasteiger charge is -2.35. The van der Waals surface area contributed by atoms with E-state index in [1.807, 2.05) is 42.5 Å². The van der Waals surface area contributed by atoms with Gasteiger partial charge in [-0.2, -0.15) is 0 Å². The number of nitrogens with one attached hydrogen (secondary N) is 1. The van der Waals surface area contributed by atoms with Gasteiger partial charge in [0, 0.05) is 25.5 Å². The summed E-state index contributed by atoms with van der Waals surface area (Å²) in [4.78, 5) is 31.0. The van der Waals surface area contributed by atoms with E-state index in [1.165, 1.54) is 0 Å². The zero-order valence-electron chi connectivity index (χ0n) is 13.6. The number of aromatic amines is 1. The summed E-state index contributed by atoms with van der Waals surface area (Å²) in [6.07, 6.45) is 0. The number of carbonyl (C=O) groups excluding carboxylic acids is 2. The third-order valence-corrected chi connectivity index (χ3v) is 5.60. The number of benzene rings is 2. The van der Waals surface area contributed by atoms with Crippen LogP contribution >= 0.6 is 31.9 Å². The Kier molecular flexibility index (Phi) is 3.67. The number of Topliss-reactive ketones (excluding diaryl/α,β-unsaturated/α-hetero) is 1. The van der Waals surface area contributed by atoms with Gasteiger partial charge in [0.05, 0.1) is 5.69 Å². The van der Waals surface area contributed by atoms with E-state index in [-0.39, 0.29) is 11.7 Å². The van der Waals surface area contributed by atoms with Gasteiger partial charge in [0.2, 0.25) is 5.91 Å². The summed E-state index contributed by atoms with van der Waals surface area (Å²) in [5.41, 5.74) is 1.52. The molecule has 2 heterocycles. The van der Waals surface area contributed by atoms with Crippen molar-refractivity contribution in [1.82, 2.24) is 4.98 Å². The van der Waals surface area contributed by atoms with Gasteiger partial charge in [-0.15, -0.1) is 0 Å². The molecule has 1 aliphatic rings. The van der Waals surface area contributed by atoms with Crippen LogP contribution in [0, 0.1) is 5.41 Å². The molecule has 0 aliphatic carbocycles. The first-order valence-corrected chi connectivity index (χ1v) is 9.35. The summed E-state index contributed by atoms with van der Waals surface area (Å²) < 4.78 is 1.82. The largest absolute Gasteiger partial charge is 0.350 e. The summed E-state index contributed by atoms with van der Waals surface area (Å²) in [6, 6.07) is 13.2. The van der Waals surface area contributed by atoms with Gasteiger partial charge in [0.25, 0.3) is 0 Å². The van der Waals surface area contributed by atoms with Crippen molar-refractivity contribution in [2.24, 2.45) is 5.41 Å². The summed E-state index contributed by atoms with van der Waals surface area (Å²) in [5, 5.41) is 0.837. The highest BCUT2D eigenvalue weighted by Gasteiger charge is 2.48. The second-order valence-corrected chi connectivity index (χ2v) is 8.44. The van der Waals surface area contributed by atoms with Crippen LogP contribution in [-0.4, -0.2) is 16.7 Å². The van der Waals surface area contributed by atoms with Crippen LogP contribution < -0.4 is 4.90 Å². The van der Waals surface area contributed by atoms with Crippen LogP contribution in [-0.2, 0) is 4.79 Å². The van der Waals surface area contributed by atoms with Gasteiger partial charge in [0.15, 0.2) is 5.78 Å². The molecule has 0 saturated carbocycles. The van der Waals surface area contributed by atoms with Crippen molar-refractivity contribution in [2.45, 2.75) is 13.8 Å². The van der Waals surface area contributed by atoms with Gasteiger partial charge in [-0.25, -0.2) is 0 Å². The molecule has 2 aromatic carbocycles. The highest BCUT2D eigenvalue weighted by Crippen LogP contribution is 2.45. The van der Waals surface area contributed by atoms with E-state index in [2.05, 4.69) is 36.8 Å². The predicted molar refractivity (Wildman–Crippen MR) is 105 cm³/mol. The van der Waals surface area contributed by atoms with Crippen LogP contribution in [0.5, 0.6) is 0 Å². The third-order valence-electron chi connectivity index (χ3n) is 4.57. The van der Waals surface area contributed by atoms with Gasteiger partial charge in [-0.1, -0.05) is 31.9 Å². The Bertz CT molecular complexity index is 1040. The van der Waals surface area contributed by atoms with Gasteiger partial charge >= 0.3 is 0 Å². The van der Waals surface area contributed by atoms with Gasteiger partial charge in [0.1, 0.15) is 11.1 Å². The van der Waals surface area contributed by atoms with E-state index >= 15 is 0 Å². The number of ketones is 1. The molecule has 0 atom stereocenters. The molecule has 1 aromatic heterocycles. The lowest BCUT2D eigenvalue weighted by Crippen LogP contribution is -2.47. The number of amides is 1. The van der Waals surface area contributed by atoms with Crippen LogP contribution in [0.3, 0.4) is 0 Å². The molecule has 3 aromatic rings. The fourth-order valence-electron chi connectivity index (χ4n) is 3.17. The number of halogens is 2. The number of anilines is 2. The molecule has 0 spiro atoms. The van der Waals surface area contributed by atoms with Gasteiger partial charge in [-0.3, -0.25) is 14.5 Å². The monoisotopic (exact) mass is 460 g/mol. The molecule has 4 rings (SSSR count). The Labute approximate surface area is 161 Å². The maximum atomic E-state index is 13.2. The second-order valence-electron chi connectivity index (χ2n) is 6.61. The number of aromatic nitrogens is 1. The highest BCUT2D eigenvalue weighted by atomic mass is 79.9. The molecular formula is C19H14Br2N2O2. The number of H-pyrrole nitrogens is 1. The Balaban J connectivity index is 2.07. The average molecular weight is 462 g/mol. The Morgan fingerprint density at radius 1 is 0.960 bits per heavy atom. The summed E-state index contributed by atoms with van der Waals surface area (Å²) in [6.45, 7) is 3.35. The van der Waals surface area contributed by atoms with Crippen LogP contribution in [0.1, 0.15) is 24.3 Å². The summed E-state index contributed by atoms with van der Waals surface area (Å²) in [5.74, 6) is -0.415. The van der Waals surface area contributed by atoms with Crippen molar-refractivity contribution >= 4 is 65.8 Å². The molecule has 1 amide bonds. The Hall–Kier alpha value is -1.92. The van der Waals surface area contributed by atoms with Gasteiger partial charge in [-0.05, 0) is 56.3 Å². The van der Waals surface area contributed by atoms with Crippen LogP contribution in [0.25, 0.3) is 10.9 Å². The topological polar surface area (TPSA) is 53.2 Å².